The molecular formula is C14H23NO3Si. The van der Waals surface area contributed by atoms with Gasteiger partial charge in [-0.05, 0) is 39.8 Å². The molecular weight excluding hydrogens is 258 g/mol. The lowest BCUT2D eigenvalue weighted by Gasteiger charge is -2.28. The predicted molar refractivity (Wildman–Crippen MR) is 79.8 cm³/mol. The van der Waals surface area contributed by atoms with E-state index in [2.05, 4.69) is 4.99 Å². The van der Waals surface area contributed by atoms with Gasteiger partial charge in [0.2, 0.25) is 0 Å². The minimum atomic E-state index is -2.83. The highest BCUT2D eigenvalue weighted by atomic mass is 28.4. The van der Waals surface area contributed by atoms with E-state index in [4.69, 9.17) is 13.3 Å². The third kappa shape index (κ3) is 4.54. The minimum Gasteiger partial charge on any atom is -0.370 e. The van der Waals surface area contributed by atoms with Crippen molar-refractivity contribution >= 4 is 19.8 Å². The van der Waals surface area contributed by atoms with Crippen LogP contribution in [0.25, 0.3) is 0 Å². The average molecular weight is 281 g/mol. The number of rotatable bonds is 8. The predicted octanol–water partition coefficient (Wildman–Crippen LogP) is 3.37. The fraction of sp³-hybridized carbons (Fsp3) is 0.500. The van der Waals surface area contributed by atoms with Crippen LogP contribution in [0.15, 0.2) is 35.3 Å². The van der Waals surface area contributed by atoms with Crippen LogP contribution in [0.4, 0.5) is 5.69 Å². The van der Waals surface area contributed by atoms with Crippen molar-refractivity contribution in [3.8, 4) is 0 Å². The monoisotopic (exact) mass is 281 g/mol. The van der Waals surface area contributed by atoms with Crippen molar-refractivity contribution in [2.24, 2.45) is 4.99 Å². The Labute approximate surface area is 116 Å². The van der Waals surface area contributed by atoms with Gasteiger partial charge < -0.3 is 13.3 Å². The van der Waals surface area contributed by atoms with Gasteiger partial charge in [-0.25, -0.2) is 0 Å². The molecule has 1 aromatic rings. The summed E-state index contributed by atoms with van der Waals surface area (Å²) in [4.78, 5) is 4.59. The van der Waals surface area contributed by atoms with E-state index in [1.807, 2.05) is 58.0 Å². The van der Waals surface area contributed by atoms with E-state index in [0.717, 1.165) is 11.0 Å². The number of aliphatic imine (C=N–C) groups is 1. The molecule has 0 fully saturated rings. The highest BCUT2D eigenvalue weighted by Gasteiger charge is 2.44. The summed E-state index contributed by atoms with van der Waals surface area (Å²) in [5, 5.41) is 0.796. The second-order valence-corrected chi connectivity index (χ2v) is 6.59. The average Bonchev–Trinajstić information content (AvgIpc) is 2.40. The molecule has 0 aromatic heterocycles. The summed E-state index contributed by atoms with van der Waals surface area (Å²) in [5.74, 6) is 0. The van der Waals surface area contributed by atoms with E-state index in [1.165, 1.54) is 0 Å². The SMILES string of the molecule is CCO[Si](OCC)(OCC)C(C)=Nc1ccccc1. The fourth-order valence-corrected chi connectivity index (χ4v) is 4.06. The molecule has 1 rings (SSSR count). The van der Waals surface area contributed by atoms with Crippen LogP contribution >= 0.6 is 0 Å². The van der Waals surface area contributed by atoms with Crippen LogP contribution in [-0.2, 0) is 13.3 Å². The molecule has 0 heterocycles. The Kier molecular flexibility index (Phi) is 6.94. The second-order valence-electron chi connectivity index (χ2n) is 3.89. The smallest absolute Gasteiger partial charge is 0.370 e. The van der Waals surface area contributed by atoms with Gasteiger partial charge in [-0.15, -0.1) is 0 Å². The van der Waals surface area contributed by atoms with Gasteiger partial charge in [0.25, 0.3) is 0 Å². The van der Waals surface area contributed by atoms with Crippen molar-refractivity contribution in [1.82, 2.24) is 0 Å². The number of nitrogens with zero attached hydrogens (tertiary/aromatic N) is 1. The first-order chi connectivity index (χ1) is 9.18. The summed E-state index contributed by atoms with van der Waals surface area (Å²) in [7, 11) is -2.83. The zero-order chi connectivity index (χ0) is 14.1. The van der Waals surface area contributed by atoms with Crippen molar-refractivity contribution in [2.75, 3.05) is 19.8 Å². The van der Waals surface area contributed by atoms with E-state index >= 15 is 0 Å². The quantitative estimate of drug-likeness (QED) is 0.542. The Balaban J connectivity index is 3.04. The topological polar surface area (TPSA) is 40.0 Å². The van der Waals surface area contributed by atoms with Gasteiger partial charge in [-0.1, -0.05) is 18.2 Å². The summed E-state index contributed by atoms with van der Waals surface area (Å²) >= 11 is 0. The molecule has 0 N–H and O–H groups in total. The Bertz CT molecular complexity index is 378. The van der Waals surface area contributed by atoms with Gasteiger partial charge in [0.15, 0.2) is 0 Å². The molecule has 106 valence electrons. The van der Waals surface area contributed by atoms with Crippen molar-refractivity contribution in [3.63, 3.8) is 0 Å². The van der Waals surface area contributed by atoms with Gasteiger partial charge in [0.1, 0.15) is 0 Å². The largest absolute Gasteiger partial charge is 0.551 e. The highest BCUT2D eigenvalue weighted by Crippen LogP contribution is 2.18. The van der Waals surface area contributed by atoms with Crippen molar-refractivity contribution in [1.29, 1.82) is 0 Å². The summed E-state index contributed by atoms with van der Waals surface area (Å²) in [6.07, 6.45) is 0. The number of benzene rings is 1. The summed E-state index contributed by atoms with van der Waals surface area (Å²) < 4.78 is 17.4. The van der Waals surface area contributed by atoms with Crippen LogP contribution in [0.1, 0.15) is 27.7 Å². The molecule has 0 saturated heterocycles. The van der Waals surface area contributed by atoms with Gasteiger partial charge in [-0.2, -0.15) is 0 Å². The fourth-order valence-electron chi connectivity index (χ4n) is 1.77. The van der Waals surface area contributed by atoms with Gasteiger partial charge in [-0.3, -0.25) is 4.99 Å². The zero-order valence-electron chi connectivity index (χ0n) is 12.2. The van der Waals surface area contributed by atoms with E-state index in [9.17, 15) is 0 Å². The van der Waals surface area contributed by atoms with Crippen molar-refractivity contribution in [3.05, 3.63) is 30.3 Å². The van der Waals surface area contributed by atoms with E-state index in [-0.39, 0.29) is 0 Å². The first-order valence-electron chi connectivity index (χ1n) is 6.71. The molecule has 0 radical (unpaired) electrons. The molecule has 1 aromatic carbocycles. The standard InChI is InChI=1S/C14H23NO3Si/c1-5-16-19(17-6-2,18-7-3)13(4)15-14-11-9-8-10-12-14/h8-12H,5-7H2,1-4H3. The number of para-hydroxylation sites is 1. The molecule has 0 atom stereocenters. The maximum Gasteiger partial charge on any atom is 0.551 e. The molecule has 0 saturated carbocycles. The minimum absolute atomic E-state index is 0.549. The van der Waals surface area contributed by atoms with Crippen LogP contribution in [0.3, 0.4) is 0 Å². The zero-order valence-corrected chi connectivity index (χ0v) is 13.2. The molecule has 0 bridgehead atoms. The third-order valence-electron chi connectivity index (χ3n) is 2.50. The van der Waals surface area contributed by atoms with Crippen LogP contribution in [-0.4, -0.2) is 34.0 Å². The van der Waals surface area contributed by atoms with E-state index in [1.54, 1.807) is 0 Å². The first kappa shape index (κ1) is 16.0. The van der Waals surface area contributed by atoms with Crippen LogP contribution < -0.4 is 0 Å². The lowest BCUT2D eigenvalue weighted by atomic mass is 10.3. The molecule has 0 aliphatic heterocycles. The molecule has 0 amide bonds. The Morgan fingerprint density at radius 2 is 1.42 bits per heavy atom. The first-order valence-corrected chi connectivity index (χ1v) is 8.43. The number of hydrogen-bond acceptors (Lipinski definition) is 4. The van der Waals surface area contributed by atoms with Crippen LogP contribution in [0, 0.1) is 0 Å². The van der Waals surface area contributed by atoms with Gasteiger partial charge in [0, 0.05) is 19.8 Å². The maximum absolute atomic E-state index is 5.81. The molecule has 0 spiro atoms. The Hall–Kier alpha value is -1.01. The van der Waals surface area contributed by atoms with E-state index < -0.39 is 8.80 Å². The lowest BCUT2D eigenvalue weighted by molar-refractivity contribution is 0.0897. The molecule has 19 heavy (non-hydrogen) atoms. The van der Waals surface area contributed by atoms with E-state index in [0.29, 0.717) is 19.8 Å². The normalized spacial score (nSPS) is 12.7. The van der Waals surface area contributed by atoms with Gasteiger partial charge >= 0.3 is 8.80 Å². The molecule has 4 nitrogen and oxygen atoms in total. The third-order valence-corrected chi connectivity index (χ3v) is 5.50. The summed E-state index contributed by atoms with van der Waals surface area (Å²) in [5.41, 5.74) is 0.885. The molecule has 0 unspecified atom stereocenters. The van der Waals surface area contributed by atoms with Gasteiger partial charge in [0.05, 0.1) is 11.0 Å². The maximum atomic E-state index is 5.81. The van der Waals surface area contributed by atoms with Crippen molar-refractivity contribution < 1.29 is 13.3 Å². The van der Waals surface area contributed by atoms with Crippen LogP contribution in [0.2, 0.25) is 0 Å². The summed E-state index contributed by atoms with van der Waals surface area (Å²) in [6, 6.07) is 9.78. The number of hydrogen-bond donors (Lipinski definition) is 0. The van der Waals surface area contributed by atoms with Crippen LogP contribution in [0.5, 0.6) is 0 Å². The highest BCUT2D eigenvalue weighted by molar-refractivity contribution is 6.93. The second kappa shape index (κ2) is 8.22. The Morgan fingerprint density at radius 1 is 0.947 bits per heavy atom. The Morgan fingerprint density at radius 3 is 1.84 bits per heavy atom. The molecule has 0 aliphatic rings. The lowest BCUT2D eigenvalue weighted by Crippen LogP contribution is -2.53. The summed E-state index contributed by atoms with van der Waals surface area (Å²) in [6.45, 7) is 9.39. The van der Waals surface area contributed by atoms with Crippen molar-refractivity contribution in [2.45, 2.75) is 27.7 Å². The molecule has 0 aliphatic carbocycles. The molecule has 5 heteroatoms.